The standard InChI is InChI=1S/C16H20N8OS/c1-3-5-14-18-21-16(26-14)17-13(25)10-24(2)9-11-6-4-7-12(8-11)15-19-22-23-20-15/h4,6-8H,3,5,9-10H2,1-2H3,(H,17,21,25)(H,19,20,22,23). The van der Waals surface area contributed by atoms with Gasteiger partial charge >= 0.3 is 0 Å². The highest BCUT2D eigenvalue weighted by atomic mass is 32.1. The number of aromatic amines is 1. The molecule has 2 aromatic heterocycles. The van der Waals surface area contributed by atoms with Crippen molar-refractivity contribution in [1.82, 2.24) is 35.7 Å². The zero-order valence-corrected chi connectivity index (χ0v) is 15.5. The zero-order chi connectivity index (χ0) is 18.4. The van der Waals surface area contributed by atoms with Crippen molar-refractivity contribution in [2.45, 2.75) is 26.3 Å². The summed E-state index contributed by atoms with van der Waals surface area (Å²) < 4.78 is 0. The van der Waals surface area contributed by atoms with Crippen LogP contribution in [-0.4, -0.2) is 55.2 Å². The quantitative estimate of drug-likeness (QED) is 0.619. The van der Waals surface area contributed by atoms with E-state index in [1.54, 1.807) is 0 Å². The van der Waals surface area contributed by atoms with Gasteiger partial charge in [0.2, 0.25) is 16.9 Å². The molecule has 3 rings (SSSR count). The Morgan fingerprint density at radius 1 is 1.31 bits per heavy atom. The van der Waals surface area contributed by atoms with Crippen molar-refractivity contribution in [3.63, 3.8) is 0 Å². The highest BCUT2D eigenvalue weighted by molar-refractivity contribution is 7.15. The number of likely N-dealkylation sites (N-methyl/N-ethyl adjacent to an activating group) is 1. The second-order valence-corrected chi connectivity index (χ2v) is 6.97. The van der Waals surface area contributed by atoms with Crippen molar-refractivity contribution < 1.29 is 4.79 Å². The number of H-pyrrole nitrogens is 1. The smallest absolute Gasteiger partial charge is 0.240 e. The summed E-state index contributed by atoms with van der Waals surface area (Å²) in [4.78, 5) is 14.1. The Bertz CT molecular complexity index is 848. The van der Waals surface area contributed by atoms with E-state index in [0.717, 1.165) is 29.0 Å². The molecule has 0 bridgehead atoms. The molecule has 0 aliphatic rings. The minimum absolute atomic E-state index is 0.110. The first kappa shape index (κ1) is 18.1. The molecule has 0 saturated heterocycles. The van der Waals surface area contributed by atoms with Gasteiger partial charge in [0.1, 0.15) is 5.01 Å². The Kier molecular flexibility index (Phi) is 5.97. The van der Waals surface area contributed by atoms with Crippen molar-refractivity contribution in [1.29, 1.82) is 0 Å². The minimum atomic E-state index is -0.110. The molecule has 0 spiro atoms. The number of aryl methyl sites for hydroxylation is 1. The first-order valence-electron chi connectivity index (χ1n) is 8.27. The Morgan fingerprint density at radius 3 is 2.96 bits per heavy atom. The molecule has 0 aliphatic carbocycles. The van der Waals surface area contributed by atoms with Gasteiger partial charge in [0, 0.05) is 18.5 Å². The summed E-state index contributed by atoms with van der Waals surface area (Å²) in [5, 5.41) is 26.3. The number of hydrogen-bond donors (Lipinski definition) is 2. The minimum Gasteiger partial charge on any atom is -0.299 e. The van der Waals surface area contributed by atoms with Gasteiger partial charge in [0.25, 0.3) is 0 Å². The molecule has 0 saturated carbocycles. The van der Waals surface area contributed by atoms with Crippen LogP contribution in [0.2, 0.25) is 0 Å². The van der Waals surface area contributed by atoms with E-state index >= 15 is 0 Å². The van der Waals surface area contributed by atoms with Crippen molar-refractivity contribution in [3.8, 4) is 11.4 Å². The van der Waals surface area contributed by atoms with Gasteiger partial charge < -0.3 is 0 Å². The highest BCUT2D eigenvalue weighted by Crippen LogP contribution is 2.17. The lowest BCUT2D eigenvalue weighted by Crippen LogP contribution is -2.29. The monoisotopic (exact) mass is 372 g/mol. The van der Waals surface area contributed by atoms with Crippen LogP contribution in [0.1, 0.15) is 23.9 Å². The third-order valence-corrected chi connectivity index (χ3v) is 4.47. The molecule has 26 heavy (non-hydrogen) atoms. The molecule has 0 unspecified atom stereocenters. The number of carbonyl (C=O) groups is 1. The molecule has 10 heteroatoms. The number of benzene rings is 1. The fourth-order valence-corrected chi connectivity index (χ4v) is 3.34. The number of aromatic nitrogens is 6. The molecule has 1 aromatic carbocycles. The van der Waals surface area contributed by atoms with Crippen LogP contribution in [0.4, 0.5) is 5.13 Å². The van der Waals surface area contributed by atoms with Gasteiger partial charge in [-0.15, -0.1) is 20.4 Å². The lowest BCUT2D eigenvalue weighted by atomic mass is 10.1. The lowest BCUT2D eigenvalue weighted by Gasteiger charge is -2.16. The summed E-state index contributed by atoms with van der Waals surface area (Å²) in [7, 11) is 1.89. The topological polar surface area (TPSA) is 113 Å². The third-order valence-electron chi connectivity index (χ3n) is 3.57. The largest absolute Gasteiger partial charge is 0.299 e. The van der Waals surface area contributed by atoms with Gasteiger partial charge in [-0.05, 0) is 30.3 Å². The van der Waals surface area contributed by atoms with Gasteiger partial charge in [-0.3, -0.25) is 15.0 Å². The normalized spacial score (nSPS) is 11.0. The molecule has 0 aliphatic heterocycles. The maximum absolute atomic E-state index is 12.2. The molecule has 3 aromatic rings. The van der Waals surface area contributed by atoms with E-state index < -0.39 is 0 Å². The Labute approximate surface area is 154 Å². The van der Waals surface area contributed by atoms with E-state index in [4.69, 9.17) is 0 Å². The molecule has 9 nitrogen and oxygen atoms in total. The zero-order valence-electron chi connectivity index (χ0n) is 14.6. The van der Waals surface area contributed by atoms with Crippen LogP contribution in [0.5, 0.6) is 0 Å². The van der Waals surface area contributed by atoms with Crippen molar-refractivity contribution in [2.24, 2.45) is 0 Å². The summed E-state index contributed by atoms with van der Waals surface area (Å²) in [5.41, 5.74) is 1.94. The maximum atomic E-state index is 12.2. The fourth-order valence-electron chi connectivity index (χ4n) is 2.48. The van der Waals surface area contributed by atoms with Crippen LogP contribution in [0, 0.1) is 0 Å². The lowest BCUT2D eigenvalue weighted by molar-refractivity contribution is -0.117. The molecule has 2 heterocycles. The van der Waals surface area contributed by atoms with Gasteiger partial charge in [0.15, 0.2) is 0 Å². The predicted octanol–water partition coefficient (Wildman–Crippen LogP) is 1.74. The number of carbonyl (C=O) groups excluding carboxylic acids is 1. The van der Waals surface area contributed by atoms with E-state index in [1.807, 2.05) is 36.2 Å². The van der Waals surface area contributed by atoms with Crippen molar-refractivity contribution in [3.05, 3.63) is 34.8 Å². The van der Waals surface area contributed by atoms with Crippen LogP contribution in [0.25, 0.3) is 11.4 Å². The molecule has 0 radical (unpaired) electrons. The van der Waals surface area contributed by atoms with Gasteiger partial charge in [-0.25, -0.2) is 0 Å². The average Bonchev–Trinajstić information content (AvgIpc) is 3.27. The first-order valence-corrected chi connectivity index (χ1v) is 9.09. The average molecular weight is 372 g/mol. The number of hydrogen-bond acceptors (Lipinski definition) is 8. The Balaban J connectivity index is 1.54. The molecule has 0 atom stereocenters. The van der Waals surface area contributed by atoms with Crippen LogP contribution in [0.15, 0.2) is 24.3 Å². The van der Waals surface area contributed by atoms with Crippen LogP contribution >= 0.6 is 11.3 Å². The number of nitrogens with one attached hydrogen (secondary N) is 2. The molecule has 1 amide bonds. The maximum Gasteiger partial charge on any atom is 0.240 e. The summed E-state index contributed by atoms with van der Waals surface area (Å²) in [5.74, 6) is 0.437. The fraction of sp³-hybridized carbons (Fsp3) is 0.375. The third kappa shape index (κ3) is 4.90. The number of nitrogens with zero attached hydrogens (tertiary/aromatic N) is 6. The molecular formula is C16H20N8OS. The van der Waals surface area contributed by atoms with Crippen molar-refractivity contribution >= 4 is 22.4 Å². The molecule has 2 N–H and O–H groups in total. The summed E-state index contributed by atoms with van der Waals surface area (Å²) in [6, 6.07) is 7.84. The van der Waals surface area contributed by atoms with Crippen LogP contribution < -0.4 is 5.32 Å². The van der Waals surface area contributed by atoms with Gasteiger partial charge in [-0.2, -0.15) is 5.21 Å². The van der Waals surface area contributed by atoms with E-state index in [1.165, 1.54) is 11.3 Å². The van der Waals surface area contributed by atoms with Crippen LogP contribution in [-0.2, 0) is 17.8 Å². The SMILES string of the molecule is CCCc1nnc(NC(=O)CN(C)Cc2cccc(-c3nn[nH]n3)c2)s1. The number of tetrazole rings is 1. The van der Waals surface area contributed by atoms with Crippen LogP contribution in [0.3, 0.4) is 0 Å². The molecular weight excluding hydrogens is 352 g/mol. The van der Waals surface area contributed by atoms with E-state index in [0.29, 0.717) is 17.5 Å². The first-order chi connectivity index (χ1) is 12.6. The number of rotatable bonds is 8. The van der Waals surface area contributed by atoms with Crippen molar-refractivity contribution in [2.75, 3.05) is 18.9 Å². The Morgan fingerprint density at radius 2 is 2.19 bits per heavy atom. The van der Waals surface area contributed by atoms with Gasteiger partial charge in [-0.1, -0.05) is 36.5 Å². The van der Waals surface area contributed by atoms with E-state index in [2.05, 4.69) is 43.1 Å². The Hall–Kier alpha value is -2.72. The van der Waals surface area contributed by atoms with E-state index in [-0.39, 0.29) is 12.5 Å². The summed E-state index contributed by atoms with van der Waals surface area (Å²) in [6.45, 7) is 2.97. The van der Waals surface area contributed by atoms with E-state index in [9.17, 15) is 4.79 Å². The number of anilines is 1. The highest BCUT2D eigenvalue weighted by Gasteiger charge is 2.11. The number of amides is 1. The molecule has 136 valence electrons. The summed E-state index contributed by atoms with van der Waals surface area (Å²) >= 11 is 1.42. The second kappa shape index (κ2) is 8.59. The second-order valence-electron chi connectivity index (χ2n) is 5.91. The summed E-state index contributed by atoms with van der Waals surface area (Å²) in [6.07, 6.45) is 1.89. The van der Waals surface area contributed by atoms with Gasteiger partial charge in [0.05, 0.1) is 6.54 Å². The predicted molar refractivity (Wildman–Crippen MR) is 98.5 cm³/mol. The molecule has 0 fully saturated rings.